The number of carbonyl (C=O) groups excluding carboxylic acids is 1. The first kappa shape index (κ1) is 38.8. The number of aryl methyl sites for hydroxylation is 1. The first-order valence-electron chi connectivity index (χ1n) is 20.5. The summed E-state index contributed by atoms with van der Waals surface area (Å²) in [6, 6.07) is 12.1. The summed E-state index contributed by atoms with van der Waals surface area (Å²) in [5.74, 6) is 1.27. The molecule has 1 saturated carbocycles. The van der Waals surface area contributed by atoms with Crippen molar-refractivity contribution in [2.45, 2.75) is 92.9 Å². The molecule has 2 aromatic rings. The van der Waals surface area contributed by atoms with Crippen molar-refractivity contribution in [1.29, 1.82) is 0 Å². The van der Waals surface area contributed by atoms with Crippen LogP contribution >= 0.6 is 0 Å². The van der Waals surface area contributed by atoms with Gasteiger partial charge in [0.25, 0.3) is 0 Å². The second-order valence-electron chi connectivity index (χ2n) is 16.2. The number of benzene rings is 2. The van der Waals surface area contributed by atoms with E-state index in [-0.39, 0.29) is 17.5 Å². The van der Waals surface area contributed by atoms with Crippen LogP contribution in [0.25, 0.3) is 11.1 Å². The lowest BCUT2D eigenvalue weighted by Crippen LogP contribution is -2.47. The fraction of sp³-hybridized carbons (Fsp3) is 0.511. The number of rotatable bonds is 13. The third-order valence-corrected chi connectivity index (χ3v) is 12.8. The van der Waals surface area contributed by atoms with Gasteiger partial charge in [0.05, 0.1) is 0 Å². The molecule has 53 heavy (non-hydrogen) atoms. The minimum Gasteiger partial charge on any atom is -0.371 e. The second-order valence-corrected chi connectivity index (χ2v) is 16.2. The first-order chi connectivity index (χ1) is 25.6. The zero-order chi connectivity index (χ0) is 37.6. The number of nitrogens with zero attached hydrogens (tertiary/aromatic N) is 4. The number of halogens is 1. The molecule has 2 unspecified atom stereocenters. The predicted molar refractivity (Wildman–Crippen MR) is 221 cm³/mol. The minimum atomic E-state index is -0.162. The van der Waals surface area contributed by atoms with Crippen molar-refractivity contribution in [3.8, 4) is 0 Å². The average Bonchev–Trinajstić information content (AvgIpc) is 3.16. The molecule has 0 aromatic heterocycles. The smallest absolute Gasteiger partial charge is 0.166 e. The molecule has 0 N–H and O–H groups in total. The van der Waals surface area contributed by atoms with Crippen LogP contribution in [-0.4, -0.2) is 66.3 Å². The third kappa shape index (κ3) is 9.08. The zero-order valence-corrected chi connectivity index (χ0v) is 33.4. The van der Waals surface area contributed by atoms with E-state index in [9.17, 15) is 9.18 Å². The molecule has 0 spiro atoms. The standard InChI is InChI=1S/C47H63FN4O/c1-8-33(3)45(40-13-16-46(48)35(5)29-40)32-52-24-20-42(30-36(52)6)50-22-18-38(19-23-50)17-21-49-25-27-51(28-26-49)41-14-15-43(37(7)39-11-10-12-39)44(31-41)47(53)34(4)9-2/h13-16,20,24,29-34,38H,6,8-12,17-19,21-23,25-28H2,1-5,7H3/b45-32+. The molecule has 2 atom stereocenters. The highest BCUT2D eigenvalue weighted by atomic mass is 19.1. The van der Waals surface area contributed by atoms with Gasteiger partial charge in [0, 0.05) is 80.2 Å². The van der Waals surface area contributed by atoms with Crippen LogP contribution in [0.1, 0.15) is 113 Å². The van der Waals surface area contributed by atoms with E-state index >= 15 is 0 Å². The number of piperidine rings is 1. The molecule has 0 bridgehead atoms. The predicted octanol–water partition coefficient (Wildman–Crippen LogP) is 10.9. The summed E-state index contributed by atoms with van der Waals surface area (Å²) in [6.07, 6.45) is 17.9. The Hall–Kier alpha value is -3.90. The Kier molecular flexibility index (Phi) is 12.8. The number of anilines is 1. The summed E-state index contributed by atoms with van der Waals surface area (Å²) in [6.45, 7) is 24.6. The van der Waals surface area contributed by atoms with Gasteiger partial charge in [-0.15, -0.1) is 0 Å². The highest BCUT2D eigenvalue weighted by Gasteiger charge is 2.26. The Morgan fingerprint density at radius 3 is 2.26 bits per heavy atom. The van der Waals surface area contributed by atoms with Gasteiger partial charge in [-0.25, -0.2) is 4.39 Å². The highest BCUT2D eigenvalue weighted by Crippen LogP contribution is 2.37. The Morgan fingerprint density at radius 1 is 0.925 bits per heavy atom. The van der Waals surface area contributed by atoms with E-state index in [4.69, 9.17) is 0 Å². The summed E-state index contributed by atoms with van der Waals surface area (Å²) in [5.41, 5.74) is 11.3. The minimum absolute atomic E-state index is 0.0439. The molecule has 1 aliphatic carbocycles. The van der Waals surface area contributed by atoms with Crippen molar-refractivity contribution in [1.82, 2.24) is 14.7 Å². The average molecular weight is 719 g/mol. The fourth-order valence-electron chi connectivity index (χ4n) is 8.25. The summed E-state index contributed by atoms with van der Waals surface area (Å²) in [5, 5.41) is 0. The third-order valence-electron chi connectivity index (χ3n) is 12.8. The molecule has 3 fully saturated rings. The van der Waals surface area contributed by atoms with Crippen LogP contribution in [0.2, 0.25) is 0 Å². The van der Waals surface area contributed by atoms with Crippen molar-refractivity contribution < 1.29 is 9.18 Å². The second kappa shape index (κ2) is 17.5. The Balaban J connectivity index is 0.983. The maximum Gasteiger partial charge on any atom is 0.166 e. The van der Waals surface area contributed by atoms with Crippen LogP contribution in [0.3, 0.4) is 0 Å². The van der Waals surface area contributed by atoms with E-state index in [1.165, 1.54) is 66.6 Å². The van der Waals surface area contributed by atoms with E-state index in [2.05, 4.69) is 104 Å². The van der Waals surface area contributed by atoms with E-state index < -0.39 is 0 Å². The van der Waals surface area contributed by atoms with Gasteiger partial charge in [0.2, 0.25) is 0 Å². The molecule has 6 rings (SSSR count). The molecule has 6 heteroatoms. The van der Waals surface area contributed by atoms with Crippen LogP contribution in [0.4, 0.5) is 10.1 Å². The normalized spacial score (nSPS) is 20.0. The van der Waals surface area contributed by atoms with Gasteiger partial charge < -0.3 is 14.7 Å². The number of piperazine rings is 1. The number of carbonyl (C=O) groups is 1. The van der Waals surface area contributed by atoms with Crippen LogP contribution in [-0.2, 0) is 0 Å². The molecular weight excluding hydrogens is 656 g/mol. The largest absolute Gasteiger partial charge is 0.371 e. The molecule has 3 aliphatic heterocycles. The van der Waals surface area contributed by atoms with Gasteiger partial charge in [-0.2, -0.15) is 0 Å². The molecule has 284 valence electrons. The Morgan fingerprint density at radius 2 is 1.64 bits per heavy atom. The number of allylic oxidation sites excluding steroid dienone is 5. The Bertz CT molecular complexity index is 1760. The summed E-state index contributed by atoms with van der Waals surface area (Å²) in [7, 11) is 0. The van der Waals surface area contributed by atoms with Crippen molar-refractivity contribution in [3.63, 3.8) is 0 Å². The topological polar surface area (TPSA) is 30.0 Å². The molecule has 3 heterocycles. The maximum absolute atomic E-state index is 14.0. The Labute approximate surface area is 319 Å². The van der Waals surface area contributed by atoms with E-state index in [0.29, 0.717) is 11.5 Å². The summed E-state index contributed by atoms with van der Waals surface area (Å²) < 4.78 is 14.0. The molecule has 4 aliphatic rings. The number of hydrogen-bond acceptors (Lipinski definition) is 5. The highest BCUT2D eigenvalue weighted by molar-refractivity contribution is 6.03. The van der Waals surface area contributed by atoms with Crippen molar-refractivity contribution in [3.05, 3.63) is 113 Å². The van der Waals surface area contributed by atoms with Crippen LogP contribution in [0.5, 0.6) is 0 Å². The quantitative estimate of drug-likeness (QED) is 0.192. The van der Waals surface area contributed by atoms with Gasteiger partial charge in [0.15, 0.2) is 5.78 Å². The van der Waals surface area contributed by atoms with Gasteiger partial charge in [-0.1, -0.05) is 52.0 Å². The van der Waals surface area contributed by atoms with Crippen LogP contribution in [0, 0.1) is 30.5 Å². The molecule has 2 saturated heterocycles. The summed E-state index contributed by atoms with van der Waals surface area (Å²) >= 11 is 0. The summed E-state index contributed by atoms with van der Waals surface area (Å²) in [4.78, 5) is 23.3. The van der Waals surface area contributed by atoms with E-state index in [1.807, 2.05) is 19.1 Å². The molecular formula is C47H63FN4O. The van der Waals surface area contributed by atoms with Gasteiger partial charge in [-0.05, 0) is 148 Å². The molecule has 0 radical (unpaired) electrons. The van der Waals surface area contributed by atoms with Gasteiger partial charge in [0.1, 0.15) is 5.82 Å². The van der Waals surface area contributed by atoms with Gasteiger partial charge in [-0.3, -0.25) is 9.69 Å². The van der Waals surface area contributed by atoms with E-state index in [1.54, 1.807) is 6.07 Å². The zero-order valence-electron chi connectivity index (χ0n) is 33.4. The number of likely N-dealkylation sites (tertiary alicyclic amines) is 1. The number of Topliss-reactive ketones (excluding diaryl/α,β-unsaturated/α-hetero) is 1. The lowest BCUT2D eigenvalue weighted by atomic mass is 9.83. The molecule has 5 nitrogen and oxygen atoms in total. The molecule has 2 aromatic carbocycles. The monoisotopic (exact) mass is 718 g/mol. The number of hydrogen-bond donors (Lipinski definition) is 0. The lowest BCUT2D eigenvalue weighted by Gasteiger charge is -2.39. The SMILES string of the molecule is C=C1C=C(N2CCC(CCN3CCN(c4ccc(C(C)=C5CCC5)c(C(=O)C(C)CC)c4)CC3)CC2)C=CN1/C=C(/c1ccc(F)c(C)c1)C(C)CC. The van der Waals surface area contributed by atoms with Crippen LogP contribution in [0.15, 0.2) is 84.5 Å². The van der Waals surface area contributed by atoms with Gasteiger partial charge >= 0.3 is 0 Å². The fourth-order valence-corrected chi connectivity index (χ4v) is 8.25. The van der Waals surface area contributed by atoms with Crippen molar-refractivity contribution in [2.24, 2.45) is 17.8 Å². The molecule has 0 amide bonds. The maximum atomic E-state index is 14.0. The first-order valence-corrected chi connectivity index (χ1v) is 20.5. The van der Waals surface area contributed by atoms with E-state index in [0.717, 1.165) is 87.0 Å². The van der Waals surface area contributed by atoms with Crippen LogP contribution < -0.4 is 4.90 Å². The lowest BCUT2D eigenvalue weighted by molar-refractivity contribution is 0.0927. The van der Waals surface area contributed by atoms with Crippen molar-refractivity contribution >= 4 is 22.6 Å². The van der Waals surface area contributed by atoms with Crippen molar-refractivity contribution in [2.75, 3.05) is 50.7 Å². The number of ketones is 1.